The number of hydrogen-bond acceptors (Lipinski definition) is 9. The molecule has 33 heavy (non-hydrogen) atoms. The van der Waals surface area contributed by atoms with Crippen LogP contribution in [0.4, 0.5) is 5.69 Å². The molecule has 17 heteroatoms. The minimum Gasteiger partial charge on any atom is -0.397 e. The zero-order valence-corrected chi connectivity index (χ0v) is 19.0. The summed E-state index contributed by atoms with van der Waals surface area (Å²) in [6, 6.07) is 6.71. The van der Waals surface area contributed by atoms with Crippen LogP contribution in [0, 0.1) is 6.07 Å². The first kappa shape index (κ1) is 25.0. The highest BCUT2D eigenvalue weighted by Gasteiger charge is 2.27. The summed E-state index contributed by atoms with van der Waals surface area (Å²) >= 11 is 0. The maximum absolute atomic E-state index is 11.8. The van der Waals surface area contributed by atoms with E-state index in [1.165, 1.54) is 0 Å². The fourth-order valence-electron chi connectivity index (χ4n) is 3.06. The van der Waals surface area contributed by atoms with Gasteiger partial charge in [-0.3, -0.25) is 18.2 Å². The van der Waals surface area contributed by atoms with Crippen molar-refractivity contribution in [2.45, 2.75) is 19.6 Å². The third-order valence-corrected chi connectivity index (χ3v) is 7.84. The number of anilines is 1. The molecule has 0 heterocycles. The normalized spacial score (nSPS) is 13.3. The smallest absolute Gasteiger partial charge is 0.296 e. The second-order valence-electron chi connectivity index (χ2n) is 6.53. The summed E-state index contributed by atoms with van der Waals surface area (Å²) in [4.78, 5) is -3.83. The molecule has 0 bridgehead atoms. The van der Waals surface area contributed by atoms with Crippen LogP contribution in [0.1, 0.15) is 0 Å². The van der Waals surface area contributed by atoms with Gasteiger partial charge in [0.1, 0.15) is 14.7 Å². The quantitative estimate of drug-likeness (QED) is 0.224. The van der Waals surface area contributed by atoms with Crippen LogP contribution in [0.25, 0.3) is 21.9 Å². The molecule has 0 unspecified atom stereocenters. The van der Waals surface area contributed by atoms with Crippen molar-refractivity contribution in [1.82, 2.24) is 0 Å². The van der Waals surface area contributed by atoms with Crippen LogP contribution in [0.2, 0.25) is 0 Å². The molecule has 0 saturated heterocycles. The van der Waals surface area contributed by atoms with Gasteiger partial charge in [0.05, 0.1) is 10.6 Å². The third kappa shape index (κ3) is 4.84. The van der Waals surface area contributed by atoms with Gasteiger partial charge in [0.25, 0.3) is 40.5 Å². The minimum atomic E-state index is -5.07. The summed E-state index contributed by atoms with van der Waals surface area (Å²) in [6.45, 7) is 0. The van der Waals surface area contributed by atoms with E-state index in [4.69, 9.17) is 5.73 Å². The topological polar surface area (TPSA) is 243 Å². The first-order valence-corrected chi connectivity index (χ1v) is 13.9. The lowest BCUT2D eigenvalue weighted by molar-refractivity contribution is 0.479. The molecule has 0 fully saturated rings. The van der Waals surface area contributed by atoms with Crippen molar-refractivity contribution in [3.05, 3.63) is 42.5 Å². The van der Waals surface area contributed by atoms with Crippen molar-refractivity contribution in [3.63, 3.8) is 0 Å². The lowest BCUT2D eigenvalue weighted by Crippen LogP contribution is -2.09. The van der Waals surface area contributed by atoms with Crippen LogP contribution in [0.15, 0.2) is 56.0 Å². The Morgan fingerprint density at radius 3 is 1.76 bits per heavy atom. The van der Waals surface area contributed by atoms with E-state index < -0.39 is 71.3 Å². The Hall–Kier alpha value is -2.64. The van der Waals surface area contributed by atoms with Crippen molar-refractivity contribution >= 4 is 56.9 Å². The van der Waals surface area contributed by atoms with E-state index in [0.717, 1.165) is 24.3 Å². The summed E-state index contributed by atoms with van der Waals surface area (Å²) < 4.78 is 131. The first-order valence-electron chi connectivity index (χ1n) is 8.14. The first-order chi connectivity index (χ1) is 14.8. The molecule has 0 atom stereocenters. The molecular weight excluding hydrogens is 526 g/mol. The predicted molar refractivity (Wildman–Crippen MR) is 112 cm³/mol. The number of hydrogen-bond donors (Lipinski definition) is 5. The van der Waals surface area contributed by atoms with Gasteiger partial charge in [0.2, 0.25) is 0 Å². The molecule has 3 rings (SSSR count). The number of benzene rings is 3. The average Bonchev–Trinajstić information content (AvgIpc) is 2.63. The van der Waals surface area contributed by atoms with E-state index >= 15 is 0 Å². The van der Waals surface area contributed by atoms with Crippen molar-refractivity contribution < 1.29 is 51.9 Å². The molecule has 0 aliphatic rings. The maximum Gasteiger partial charge on any atom is 0.296 e. The number of rotatable bonds is 5. The SMILES string of the molecule is Nc1c(S(=O)(=O)O)c[c]c(S(=O)(=O)O)c1-c1ccc2c(S(=O)(=O)O)cc(S(=O)(=O)O)cc2c1. The second kappa shape index (κ2) is 7.71. The van der Waals surface area contributed by atoms with Gasteiger partial charge in [0.15, 0.2) is 0 Å². The van der Waals surface area contributed by atoms with Crippen molar-refractivity contribution in [1.29, 1.82) is 0 Å². The van der Waals surface area contributed by atoms with Gasteiger partial charge in [-0.1, -0.05) is 12.1 Å². The highest BCUT2D eigenvalue weighted by molar-refractivity contribution is 7.87. The van der Waals surface area contributed by atoms with Crippen LogP contribution in [0.3, 0.4) is 0 Å². The van der Waals surface area contributed by atoms with Crippen LogP contribution in [0.5, 0.6) is 0 Å². The van der Waals surface area contributed by atoms with Gasteiger partial charge < -0.3 is 5.73 Å². The van der Waals surface area contributed by atoms with E-state index in [9.17, 15) is 51.9 Å². The molecule has 6 N–H and O–H groups in total. The molecule has 0 amide bonds. The van der Waals surface area contributed by atoms with Gasteiger partial charge in [-0.05, 0) is 35.2 Å². The molecular formula is C16H12NO12S4. The molecule has 13 nitrogen and oxygen atoms in total. The number of nitrogens with two attached hydrogens (primary N) is 1. The fourth-order valence-corrected chi connectivity index (χ4v) is 5.69. The molecule has 1 radical (unpaired) electrons. The summed E-state index contributed by atoms with van der Waals surface area (Å²) in [5, 5.41) is -0.552. The summed E-state index contributed by atoms with van der Waals surface area (Å²) in [5.74, 6) is 0. The van der Waals surface area contributed by atoms with E-state index in [1.807, 2.05) is 6.07 Å². The van der Waals surface area contributed by atoms with Crippen molar-refractivity contribution in [2.24, 2.45) is 0 Å². The lowest BCUT2D eigenvalue weighted by atomic mass is 10.00. The average molecular weight is 539 g/mol. The third-order valence-electron chi connectivity index (χ3n) is 4.38. The van der Waals surface area contributed by atoms with Gasteiger partial charge >= 0.3 is 0 Å². The summed E-state index contributed by atoms with van der Waals surface area (Å²) in [6.07, 6.45) is 0. The summed E-state index contributed by atoms with van der Waals surface area (Å²) in [5.41, 5.74) is 3.95. The Bertz CT molecular complexity index is 1760. The Morgan fingerprint density at radius 1 is 0.697 bits per heavy atom. The molecule has 3 aromatic rings. The maximum atomic E-state index is 11.8. The molecule has 0 aliphatic carbocycles. The largest absolute Gasteiger partial charge is 0.397 e. The molecule has 177 valence electrons. The summed E-state index contributed by atoms with van der Waals surface area (Å²) in [7, 11) is -20.0. The molecule has 3 aromatic carbocycles. The van der Waals surface area contributed by atoms with Gasteiger partial charge in [-0.2, -0.15) is 33.7 Å². The number of nitrogen functional groups attached to an aromatic ring is 1. The van der Waals surface area contributed by atoms with E-state index in [-0.39, 0.29) is 16.3 Å². The molecule has 0 aromatic heterocycles. The van der Waals surface area contributed by atoms with Crippen LogP contribution >= 0.6 is 0 Å². The second-order valence-corrected chi connectivity index (χ2v) is 12.1. The Morgan fingerprint density at radius 2 is 1.27 bits per heavy atom. The van der Waals surface area contributed by atoms with E-state index in [2.05, 4.69) is 0 Å². The molecule has 0 saturated carbocycles. The monoisotopic (exact) mass is 538 g/mol. The van der Waals surface area contributed by atoms with Crippen LogP contribution in [-0.4, -0.2) is 51.9 Å². The molecule has 0 spiro atoms. The van der Waals surface area contributed by atoms with Gasteiger partial charge in [-0.25, -0.2) is 0 Å². The standard InChI is InChI=1S/C16H12NO12S4/c17-16-13(32(24,25)26)4-3-12(31(21,22)23)15(16)8-1-2-11-9(5-8)6-10(30(18,19)20)7-14(11)33(27,28)29/h1-2,4-7H,17H2,(H,18,19,20)(H,21,22,23)(H,24,25,26)(H,27,28,29). The van der Waals surface area contributed by atoms with Crippen molar-refractivity contribution in [2.75, 3.05) is 5.73 Å². The minimum absolute atomic E-state index is 0.268. The highest BCUT2D eigenvalue weighted by Crippen LogP contribution is 2.39. The van der Waals surface area contributed by atoms with E-state index in [1.54, 1.807) is 0 Å². The van der Waals surface area contributed by atoms with Gasteiger partial charge in [0, 0.05) is 17.0 Å². The Balaban J connectivity index is 2.52. The fraction of sp³-hybridized carbons (Fsp3) is 0. The lowest BCUT2D eigenvalue weighted by Gasteiger charge is -2.15. The zero-order chi connectivity index (χ0) is 25.1. The Labute approximate surface area is 187 Å². The van der Waals surface area contributed by atoms with Crippen molar-refractivity contribution in [3.8, 4) is 11.1 Å². The highest BCUT2D eigenvalue weighted by atomic mass is 32.2. The van der Waals surface area contributed by atoms with Crippen LogP contribution in [-0.2, 0) is 40.5 Å². The van der Waals surface area contributed by atoms with Crippen LogP contribution < -0.4 is 5.73 Å². The van der Waals surface area contributed by atoms with E-state index in [0.29, 0.717) is 12.1 Å². The predicted octanol–water partition coefficient (Wildman–Crippen LogP) is 0.876. The Kier molecular flexibility index (Phi) is 5.84. The zero-order valence-electron chi connectivity index (χ0n) is 15.7. The molecule has 0 aliphatic heterocycles. The number of fused-ring (bicyclic) bond motifs is 1. The van der Waals surface area contributed by atoms with Gasteiger partial charge in [-0.15, -0.1) is 0 Å².